The summed E-state index contributed by atoms with van der Waals surface area (Å²) in [5, 5.41) is 17.5. The van der Waals surface area contributed by atoms with Crippen LogP contribution in [-0.4, -0.2) is 59.4 Å². The minimum Gasteiger partial charge on any atom is -0.459 e. The van der Waals surface area contributed by atoms with Crippen LogP contribution < -0.4 is 4.74 Å². The molecule has 1 aliphatic carbocycles. The van der Waals surface area contributed by atoms with Crippen LogP contribution in [0.25, 0.3) is 0 Å². The van der Waals surface area contributed by atoms with Crippen molar-refractivity contribution >= 4 is 22.7 Å². The van der Waals surface area contributed by atoms with Gasteiger partial charge in [-0.1, -0.05) is 17.7 Å². The summed E-state index contributed by atoms with van der Waals surface area (Å²) >= 11 is 1.22. The molecule has 1 unspecified atom stereocenters. The van der Waals surface area contributed by atoms with Gasteiger partial charge in [-0.15, -0.1) is 11.8 Å². The molecule has 0 radical (unpaired) electrons. The lowest BCUT2D eigenvalue weighted by atomic mass is 9.96. The maximum absolute atomic E-state index is 12.1. The van der Waals surface area contributed by atoms with E-state index in [2.05, 4.69) is 28.2 Å². The van der Waals surface area contributed by atoms with Gasteiger partial charge < -0.3 is 4.74 Å². The van der Waals surface area contributed by atoms with Crippen molar-refractivity contribution in [3.63, 3.8) is 0 Å². The summed E-state index contributed by atoms with van der Waals surface area (Å²) in [5.41, 5.74) is 2.75. The Kier molecular flexibility index (Phi) is 8.11. The molecule has 0 fully saturated rings. The van der Waals surface area contributed by atoms with E-state index in [4.69, 9.17) is 10.1 Å². The normalized spacial score (nSPS) is 15.0. The van der Waals surface area contributed by atoms with Gasteiger partial charge in [-0.3, -0.25) is 9.89 Å². The minimum atomic E-state index is -0.713. The molecule has 1 aromatic rings. The smallest absolute Gasteiger partial charge is 0.316 e. The fourth-order valence-corrected chi connectivity index (χ4v) is 3.26. The third-order valence-corrected chi connectivity index (χ3v) is 5.28. The number of nitrogens with one attached hydrogen (secondary N) is 1. The number of quaternary nitrogens is 1. The molecule has 0 bridgehead atoms. The average Bonchev–Trinajstić information content (AvgIpc) is 2.70. The molecule has 8 heteroatoms. The fourth-order valence-electron chi connectivity index (χ4n) is 2.85. The molecule has 1 heterocycles. The summed E-state index contributed by atoms with van der Waals surface area (Å²) in [6.45, 7) is 0.327. The Morgan fingerprint density at radius 2 is 2.21 bits per heavy atom. The van der Waals surface area contributed by atoms with E-state index in [0.717, 1.165) is 24.8 Å². The Bertz CT molecular complexity index is 865. The van der Waals surface area contributed by atoms with Gasteiger partial charge in [0.2, 0.25) is 0 Å². The van der Waals surface area contributed by atoms with Crippen LogP contribution in [0, 0.1) is 16.7 Å². The summed E-state index contributed by atoms with van der Waals surface area (Å²) in [6, 6.07) is 3.93. The largest absolute Gasteiger partial charge is 0.459 e. The average molecular weight is 415 g/mol. The molecule has 0 aromatic carbocycles. The number of allylic oxidation sites excluding steroid dienone is 2. The number of amides is 1. The number of carbonyl (C=O) groups excluding carboxylic acids is 1. The number of ether oxygens (including phenoxy) is 1. The highest BCUT2D eigenvalue weighted by Crippen LogP contribution is 2.23. The van der Waals surface area contributed by atoms with E-state index in [-0.39, 0.29) is 17.0 Å². The molecule has 1 N–H and O–H groups in total. The molecular weight excluding hydrogens is 386 g/mol. The van der Waals surface area contributed by atoms with E-state index < -0.39 is 5.92 Å². The van der Waals surface area contributed by atoms with E-state index in [9.17, 15) is 10.1 Å². The number of rotatable bonds is 8. The number of nitriles is 1. The fraction of sp³-hybridized carbons (Fsp3) is 0.476. The van der Waals surface area contributed by atoms with Gasteiger partial charge >= 0.3 is 11.9 Å². The van der Waals surface area contributed by atoms with Crippen LogP contribution in [0.1, 0.15) is 37.3 Å². The number of hydrogen-bond donors (Lipinski definition) is 1. The van der Waals surface area contributed by atoms with Crippen molar-refractivity contribution in [3.05, 3.63) is 41.3 Å². The zero-order valence-corrected chi connectivity index (χ0v) is 18.3. The number of carbonyl (C=O) groups is 1. The molecule has 1 atom stereocenters. The van der Waals surface area contributed by atoms with Gasteiger partial charge in [0.1, 0.15) is 12.5 Å². The maximum atomic E-state index is 12.1. The molecule has 29 heavy (non-hydrogen) atoms. The number of thioether (sulfide) groups is 1. The van der Waals surface area contributed by atoms with Crippen molar-refractivity contribution in [3.8, 4) is 12.1 Å². The third-order valence-electron chi connectivity index (χ3n) is 4.60. The summed E-state index contributed by atoms with van der Waals surface area (Å²) in [4.78, 5) is 20.5. The van der Waals surface area contributed by atoms with Crippen molar-refractivity contribution in [1.29, 1.82) is 10.7 Å². The quantitative estimate of drug-likeness (QED) is 0.397. The second kappa shape index (κ2) is 10.3. The second-order valence-electron chi connectivity index (χ2n) is 7.71. The summed E-state index contributed by atoms with van der Waals surface area (Å²) < 4.78 is 6.07. The first-order chi connectivity index (χ1) is 13.7. The highest BCUT2D eigenvalue weighted by molar-refractivity contribution is 8.13. The van der Waals surface area contributed by atoms with Crippen molar-refractivity contribution < 1.29 is 14.0 Å². The van der Waals surface area contributed by atoms with Gasteiger partial charge in [0, 0.05) is 6.20 Å². The summed E-state index contributed by atoms with van der Waals surface area (Å²) in [6.07, 6.45) is 10.7. The van der Waals surface area contributed by atoms with E-state index >= 15 is 0 Å². The van der Waals surface area contributed by atoms with E-state index in [1.165, 1.54) is 17.3 Å². The van der Waals surface area contributed by atoms with E-state index in [1.807, 2.05) is 21.1 Å². The van der Waals surface area contributed by atoms with Gasteiger partial charge in [-0.05, 0) is 37.2 Å². The monoisotopic (exact) mass is 414 g/mol. The highest BCUT2D eigenvalue weighted by Gasteiger charge is 2.21. The zero-order chi connectivity index (χ0) is 21.4. The lowest BCUT2D eigenvalue weighted by molar-refractivity contribution is -0.792. The Morgan fingerprint density at radius 1 is 1.45 bits per heavy atom. The molecule has 1 aliphatic rings. The molecular formula is C21H28N5O2S+. The van der Waals surface area contributed by atoms with Gasteiger partial charge in [0.15, 0.2) is 0 Å². The first-order valence-electron chi connectivity index (χ1n) is 9.45. The Balaban J connectivity index is 1.97. The molecule has 2 rings (SSSR count). The van der Waals surface area contributed by atoms with Crippen LogP contribution in [0.4, 0.5) is 0 Å². The van der Waals surface area contributed by atoms with E-state index in [0.29, 0.717) is 23.2 Å². The van der Waals surface area contributed by atoms with Gasteiger partial charge in [0.25, 0.3) is 0 Å². The van der Waals surface area contributed by atoms with Crippen molar-refractivity contribution in [2.75, 3.05) is 34.0 Å². The zero-order valence-electron chi connectivity index (χ0n) is 17.4. The summed E-state index contributed by atoms with van der Waals surface area (Å²) in [7, 11) is 5.67. The topological polar surface area (TPSA) is 99.7 Å². The lowest BCUT2D eigenvalue weighted by Gasteiger charge is -2.21. The Morgan fingerprint density at radius 3 is 2.86 bits per heavy atom. The predicted octanol–water partition coefficient (Wildman–Crippen LogP) is 3.46. The van der Waals surface area contributed by atoms with Crippen molar-refractivity contribution in [2.24, 2.45) is 0 Å². The first-order valence-corrected chi connectivity index (χ1v) is 10.7. The second-order valence-corrected chi connectivity index (χ2v) is 8.56. The standard InChI is InChI=1S/C21H28N5O2S/c1-26(2,3)19(27)9-8-15-6-5-7-16(12-15)14-28-21-24-11-10-18(25-21)17(13-22)20(23)29-4/h7,10-12,17,23H,5-6,8-9,14H2,1-4H3/q+1. The third kappa shape index (κ3) is 6.80. The van der Waals surface area contributed by atoms with Crippen LogP contribution in [0.2, 0.25) is 0 Å². The first kappa shape index (κ1) is 22.8. The van der Waals surface area contributed by atoms with Crippen LogP contribution in [0.15, 0.2) is 35.6 Å². The lowest BCUT2D eigenvalue weighted by Crippen LogP contribution is -2.41. The van der Waals surface area contributed by atoms with Crippen LogP contribution in [0.5, 0.6) is 6.01 Å². The van der Waals surface area contributed by atoms with Crippen molar-refractivity contribution in [1.82, 2.24) is 9.97 Å². The molecule has 0 saturated carbocycles. The Labute approximate surface area is 176 Å². The molecule has 0 spiro atoms. The highest BCUT2D eigenvalue weighted by atomic mass is 32.2. The van der Waals surface area contributed by atoms with Crippen LogP contribution >= 0.6 is 11.8 Å². The van der Waals surface area contributed by atoms with Crippen LogP contribution in [0.3, 0.4) is 0 Å². The Hall–Kier alpha value is -2.50. The maximum Gasteiger partial charge on any atom is 0.316 e. The SMILES string of the molecule is CSC(=N)C(C#N)c1ccnc(OCC2=CCCC(CCC(=O)[N+](C)(C)C)=C2)n1. The molecule has 7 nitrogen and oxygen atoms in total. The molecule has 1 aromatic heterocycles. The number of aromatic nitrogens is 2. The van der Waals surface area contributed by atoms with E-state index in [1.54, 1.807) is 18.5 Å². The van der Waals surface area contributed by atoms with Crippen molar-refractivity contribution in [2.45, 2.75) is 31.6 Å². The summed E-state index contributed by atoms with van der Waals surface area (Å²) in [5.74, 6) is -0.499. The van der Waals surface area contributed by atoms with Gasteiger partial charge in [-0.25, -0.2) is 9.78 Å². The molecule has 0 aliphatic heterocycles. The van der Waals surface area contributed by atoms with Gasteiger partial charge in [0.05, 0.1) is 44.4 Å². The predicted molar refractivity (Wildman–Crippen MR) is 115 cm³/mol. The molecule has 0 saturated heterocycles. The van der Waals surface area contributed by atoms with Gasteiger partial charge in [-0.2, -0.15) is 10.2 Å². The molecule has 154 valence electrons. The number of nitrogens with zero attached hydrogens (tertiary/aromatic N) is 4. The number of hydrogen-bond acceptors (Lipinski definition) is 7. The molecule has 1 amide bonds. The van der Waals surface area contributed by atoms with Crippen LogP contribution in [-0.2, 0) is 4.79 Å². The minimum absolute atomic E-state index is 0.193.